The lowest BCUT2D eigenvalue weighted by Crippen LogP contribution is -2.45. The van der Waals surface area contributed by atoms with E-state index in [1.54, 1.807) is 36.3 Å². The van der Waals surface area contributed by atoms with Crippen LogP contribution in [-0.4, -0.2) is 37.0 Å². The molecule has 4 rings (SSSR count). The maximum Gasteiger partial charge on any atom is 0.255 e. The topological polar surface area (TPSA) is 81.0 Å². The highest BCUT2D eigenvalue weighted by Crippen LogP contribution is 2.32. The van der Waals surface area contributed by atoms with Gasteiger partial charge in [-0.05, 0) is 61.5 Å². The van der Waals surface area contributed by atoms with Gasteiger partial charge in [-0.1, -0.05) is 18.9 Å². The Hall–Kier alpha value is -3.26. The third-order valence-electron chi connectivity index (χ3n) is 6.09. The Morgan fingerprint density at radius 3 is 2.50 bits per heavy atom. The van der Waals surface area contributed by atoms with Crippen LogP contribution in [0, 0.1) is 6.92 Å². The highest BCUT2D eigenvalue weighted by Gasteiger charge is 2.36. The summed E-state index contributed by atoms with van der Waals surface area (Å²) in [6.07, 6.45) is 4.09. The van der Waals surface area contributed by atoms with Gasteiger partial charge in [0, 0.05) is 16.5 Å². The van der Waals surface area contributed by atoms with Crippen LogP contribution in [0.1, 0.15) is 58.5 Å². The fourth-order valence-corrected chi connectivity index (χ4v) is 5.06. The van der Waals surface area contributed by atoms with Crippen molar-refractivity contribution in [3.8, 4) is 11.5 Å². The highest BCUT2D eigenvalue weighted by molar-refractivity contribution is 7.09. The number of furan rings is 1. The molecule has 0 saturated heterocycles. The van der Waals surface area contributed by atoms with Gasteiger partial charge in [-0.25, -0.2) is 0 Å². The Morgan fingerprint density at radius 2 is 1.88 bits per heavy atom. The quantitative estimate of drug-likeness (QED) is 0.458. The van der Waals surface area contributed by atoms with E-state index in [-0.39, 0.29) is 24.4 Å². The molecule has 2 aromatic heterocycles. The minimum Gasteiger partial charge on any atom is -0.493 e. The molecule has 2 amide bonds. The van der Waals surface area contributed by atoms with E-state index in [4.69, 9.17) is 13.9 Å². The molecule has 2 heterocycles. The summed E-state index contributed by atoms with van der Waals surface area (Å²) >= 11 is 1.54. The molecule has 0 unspecified atom stereocenters. The van der Waals surface area contributed by atoms with Gasteiger partial charge in [-0.15, -0.1) is 11.3 Å². The second-order valence-electron chi connectivity index (χ2n) is 8.42. The number of carbonyl (C=O) groups is 2. The van der Waals surface area contributed by atoms with Crippen LogP contribution in [0.15, 0.2) is 52.3 Å². The molecular weight excluding hydrogens is 452 g/mol. The molecule has 1 aliphatic rings. The van der Waals surface area contributed by atoms with Gasteiger partial charge in [-0.3, -0.25) is 9.59 Å². The molecule has 1 N–H and O–H groups in total. The smallest absolute Gasteiger partial charge is 0.255 e. The van der Waals surface area contributed by atoms with Crippen molar-refractivity contribution >= 4 is 23.2 Å². The molecule has 7 nitrogen and oxygen atoms in total. The van der Waals surface area contributed by atoms with E-state index >= 15 is 0 Å². The third kappa shape index (κ3) is 5.28. The molecule has 1 aliphatic carbocycles. The molecule has 8 heteroatoms. The molecule has 1 fully saturated rings. The fraction of sp³-hybridized carbons (Fsp3) is 0.385. The van der Waals surface area contributed by atoms with Crippen molar-refractivity contribution < 1.29 is 23.5 Å². The van der Waals surface area contributed by atoms with Crippen LogP contribution in [0.25, 0.3) is 0 Å². The van der Waals surface area contributed by atoms with Gasteiger partial charge in [0.2, 0.25) is 0 Å². The maximum absolute atomic E-state index is 13.9. The number of hydrogen-bond acceptors (Lipinski definition) is 6. The largest absolute Gasteiger partial charge is 0.493 e. The summed E-state index contributed by atoms with van der Waals surface area (Å²) < 4.78 is 16.6. The average Bonchev–Trinajstić information content (AvgIpc) is 3.62. The number of hydrogen-bond donors (Lipinski definition) is 1. The van der Waals surface area contributed by atoms with E-state index in [1.165, 1.54) is 18.4 Å². The van der Waals surface area contributed by atoms with Crippen LogP contribution in [0.4, 0.5) is 0 Å². The lowest BCUT2D eigenvalue weighted by Gasteiger charge is -2.30. The zero-order chi connectivity index (χ0) is 24.1. The highest BCUT2D eigenvalue weighted by atomic mass is 32.1. The van der Waals surface area contributed by atoms with Gasteiger partial charge in [0.1, 0.15) is 11.5 Å². The Kier molecular flexibility index (Phi) is 7.57. The van der Waals surface area contributed by atoms with Gasteiger partial charge in [0.25, 0.3) is 11.8 Å². The summed E-state index contributed by atoms with van der Waals surface area (Å²) in [5, 5.41) is 5.12. The first kappa shape index (κ1) is 23.9. The predicted octanol–water partition coefficient (Wildman–Crippen LogP) is 5.11. The van der Waals surface area contributed by atoms with Gasteiger partial charge < -0.3 is 24.1 Å². The first-order valence-electron chi connectivity index (χ1n) is 11.4. The fourth-order valence-electron chi connectivity index (χ4n) is 4.36. The minimum absolute atomic E-state index is 0.117. The molecule has 180 valence electrons. The molecule has 0 aliphatic heterocycles. The number of methoxy groups -OCH3 is 2. The van der Waals surface area contributed by atoms with Crippen LogP contribution in [0.5, 0.6) is 11.5 Å². The lowest BCUT2D eigenvalue weighted by atomic mass is 10.1. The summed E-state index contributed by atoms with van der Waals surface area (Å²) in [7, 11) is 3.07. The number of nitrogens with one attached hydrogen (secondary N) is 1. The van der Waals surface area contributed by atoms with Crippen molar-refractivity contribution in [1.82, 2.24) is 10.2 Å². The van der Waals surface area contributed by atoms with Crippen molar-refractivity contribution in [3.05, 3.63) is 69.8 Å². The summed E-state index contributed by atoms with van der Waals surface area (Å²) in [6, 6.07) is 11.7. The number of benzene rings is 1. The van der Waals surface area contributed by atoms with Crippen LogP contribution in [0.2, 0.25) is 0 Å². The van der Waals surface area contributed by atoms with Crippen molar-refractivity contribution in [3.63, 3.8) is 0 Å². The van der Waals surface area contributed by atoms with Crippen LogP contribution in [0.3, 0.4) is 0 Å². The van der Waals surface area contributed by atoms with E-state index < -0.39 is 6.04 Å². The van der Waals surface area contributed by atoms with Gasteiger partial charge in [0.05, 0.1) is 20.8 Å². The third-order valence-corrected chi connectivity index (χ3v) is 6.95. The maximum atomic E-state index is 13.9. The lowest BCUT2D eigenvalue weighted by molar-refractivity contribution is -0.127. The number of carbonyl (C=O) groups excluding carboxylic acids is 2. The molecule has 0 radical (unpaired) electrons. The van der Waals surface area contributed by atoms with Crippen molar-refractivity contribution in [2.45, 2.75) is 51.2 Å². The van der Waals surface area contributed by atoms with Gasteiger partial charge in [0.15, 0.2) is 17.5 Å². The summed E-state index contributed by atoms with van der Waals surface area (Å²) in [6.45, 7) is 2.10. The van der Waals surface area contributed by atoms with Crippen LogP contribution < -0.4 is 14.8 Å². The van der Waals surface area contributed by atoms with E-state index in [9.17, 15) is 9.59 Å². The second kappa shape index (κ2) is 10.8. The van der Waals surface area contributed by atoms with Gasteiger partial charge in [-0.2, -0.15) is 0 Å². The average molecular weight is 483 g/mol. The van der Waals surface area contributed by atoms with Crippen molar-refractivity contribution in [2.24, 2.45) is 0 Å². The molecule has 0 spiro atoms. The molecule has 34 heavy (non-hydrogen) atoms. The van der Waals surface area contributed by atoms with E-state index in [2.05, 4.69) is 5.32 Å². The summed E-state index contributed by atoms with van der Waals surface area (Å²) in [4.78, 5) is 30.1. The number of rotatable bonds is 9. The SMILES string of the molecule is COc1ccc(C(=O)N(Cc2cccs2)[C@H](C(=O)NC2CCCC2)c2ccc(C)o2)cc1OC. The number of aryl methyl sites for hydroxylation is 1. The number of nitrogens with zero attached hydrogens (tertiary/aromatic N) is 1. The molecule has 0 bridgehead atoms. The number of amides is 2. The van der Waals surface area contributed by atoms with Crippen LogP contribution in [-0.2, 0) is 11.3 Å². The second-order valence-corrected chi connectivity index (χ2v) is 9.46. The molecule has 3 aromatic rings. The Labute approximate surface area is 203 Å². The van der Waals surface area contributed by atoms with E-state index in [0.717, 1.165) is 30.6 Å². The van der Waals surface area contributed by atoms with Crippen molar-refractivity contribution in [1.29, 1.82) is 0 Å². The molecular formula is C26H30N2O5S. The van der Waals surface area contributed by atoms with Crippen molar-refractivity contribution in [2.75, 3.05) is 14.2 Å². The molecule has 1 atom stereocenters. The first-order valence-corrected chi connectivity index (χ1v) is 12.3. The zero-order valence-electron chi connectivity index (χ0n) is 19.7. The van der Waals surface area contributed by atoms with Gasteiger partial charge >= 0.3 is 0 Å². The van der Waals surface area contributed by atoms with E-state index in [1.807, 2.05) is 30.5 Å². The predicted molar refractivity (Wildman–Crippen MR) is 130 cm³/mol. The zero-order valence-corrected chi connectivity index (χ0v) is 20.5. The van der Waals surface area contributed by atoms with E-state index in [0.29, 0.717) is 28.6 Å². The summed E-state index contributed by atoms with van der Waals surface area (Å²) in [5.74, 6) is 1.58. The Bertz CT molecular complexity index is 1120. The molecule has 1 aromatic carbocycles. The van der Waals surface area contributed by atoms with Crippen LogP contribution >= 0.6 is 11.3 Å². The summed E-state index contributed by atoms with van der Waals surface area (Å²) in [5.41, 5.74) is 0.399. The standard InChI is InChI=1S/C26H30N2O5S/c1-17-10-12-22(33-17)24(25(29)27-19-7-4-5-8-19)28(16-20-9-6-14-34-20)26(30)18-11-13-21(31-2)23(15-18)32-3/h6,9-15,19,24H,4-5,7-8,16H2,1-3H3,(H,27,29)/t24-/m0/s1. The number of ether oxygens (including phenoxy) is 2. The first-order chi connectivity index (χ1) is 16.5. The minimum atomic E-state index is -0.906. The monoisotopic (exact) mass is 482 g/mol. The Morgan fingerprint density at radius 1 is 1.12 bits per heavy atom. The Balaban J connectivity index is 1.74. The number of thiophene rings is 1. The molecule has 1 saturated carbocycles. The normalized spacial score (nSPS) is 14.6.